The third-order valence-corrected chi connectivity index (χ3v) is 2.80. The number of alkyl halides is 3. The van der Waals surface area contributed by atoms with Crippen LogP contribution in [0.2, 0.25) is 0 Å². The molecule has 0 spiro atoms. The fourth-order valence-corrected chi connectivity index (χ4v) is 1.88. The second-order valence-electron chi connectivity index (χ2n) is 3.15. The highest BCUT2D eigenvalue weighted by Crippen LogP contribution is 2.38. The summed E-state index contributed by atoms with van der Waals surface area (Å²) in [5, 5.41) is 0. The Labute approximate surface area is 103 Å². The van der Waals surface area contributed by atoms with Gasteiger partial charge in [-0.3, -0.25) is 4.79 Å². The number of methoxy groups -OCH3 is 1. The van der Waals surface area contributed by atoms with Crippen LogP contribution in [-0.2, 0) is 22.1 Å². The van der Waals surface area contributed by atoms with Crippen LogP contribution < -0.4 is 0 Å². The Balaban J connectivity index is 3.31. The molecule has 0 aromatic heterocycles. The topological polar surface area (TPSA) is 26.3 Å². The average Bonchev–Trinajstić information content (AvgIpc) is 2.21. The molecule has 94 valence electrons. The number of halogens is 5. The van der Waals surface area contributed by atoms with Gasteiger partial charge in [-0.25, -0.2) is 4.39 Å². The molecule has 1 rings (SSSR count). The van der Waals surface area contributed by atoms with Crippen LogP contribution in [-0.4, -0.2) is 13.1 Å². The van der Waals surface area contributed by atoms with Crippen molar-refractivity contribution >= 4 is 21.9 Å². The highest BCUT2D eigenvalue weighted by Gasteiger charge is 2.37. The molecule has 1 aromatic carbocycles. The van der Waals surface area contributed by atoms with E-state index in [-0.39, 0.29) is 5.56 Å². The minimum absolute atomic E-state index is 0.336. The summed E-state index contributed by atoms with van der Waals surface area (Å²) in [5.74, 6) is -1.86. The summed E-state index contributed by atoms with van der Waals surface area (Å²) in [6.45, 7) is 0. The van der Waals surface area contributed by atoms with Gasteiger partial charge in [0.1, 0.15) is 5.82 Å². The first-order valence-corrected chi connectivity index (χ1v) is 5.17. The van der Waals surface area contributed by atoms with E-state index in [4.69, 9.17) is 0 Å². The number of hydrogen-bond donors (Lipinski definition) is 0. The van der Waals surface area contributed by atoms with Crippen molar-refractivity contribution in [2.75, 3.05) is 7.11 Å². The van der Waals surface area contributed by atoms with Gasteiger partial charge in [-0.15, -0.1) is 0 Å². The van der Waals surface area contributed by atoms with Crippen LogP contribution in [0.3, 0.4) is 0 Å². The Morgan fingerprint density at radius 2 is 2.00 bits per heavy atom. The standard InChI is InChI=1S/C10H7BrF4O2/c1-17-7(16)4-5-2-3-6(12)9(11)8(5)10(13,14)15/h2-3H,4H2,1H3. The van der Waals surface area contributed by atoms with Crippen molar-refractivity contribution in [3.05, 3.63) is 33.5 Å². The molecule has 0 aliphatic rings. The summed E-state index contributed by atoms with van der Waals surface area (Å²) in [4.78, 5) is 11.0. The van der Waals surface area contributed by atoms with Gasteiger partial charge in [0.2, 0.25) is 0 Å². The van der Waals surface area contributed by atoms with E-state index in [2.05, 4.69) is 20.7 Å². The van der Waals surface area contributed by atoms with Crippen LogP contribution in [0.1, 0.15) is 11.1 Å². The van der Waals surface area contributed by atoms with Crippen LogP contribution >= 0.6 is 15.9 Å². The largest absolute Gasteiger partial charge is 0.469 e. The van der Waals surface area contributed by atoms with Gasteiger partial charge in [-0.05, 0) is 27.6 Å². The van der Waals surface area contributed by atoms with E-state index in [9.17, 15) is 22.4 Å². The summed E-state index contributed by atoms with van der Waals surface area (Å²) in [7, 11) is 1.06. The molecule has 0 aliphatic carbocycles. The summed E-state index contributed by atoms with van der Waals surface area (Å²) in [6, 6.07) is 1.78. The molecule has 0 bridgehead atoms. The number of hydrogen-bond acceptors (Lipinski definition) is 2. The van der Waals surface area contributed by atoms with Crippen LogP contribution in [0.15, 0.2) is 16.6 Å². The van der Waals surface area contributed by atoms with Gasteiger partial charge in [-0.2, -0.15) is 13.2 Å². The fraction of sp³-hybridized carbons (Fsp3) is 0.300. The maximum absolute atomic E-state index is 13.0. The second-order valence-corrected chi connectivity index (χ2v) is 3.94. The zero-order valence-electron chi connectivity index (χ0n) is 8.57. The van der Waals surface area contributed by atoms with Gasteiger partial charge in [0, 0.05) is 0 Å². The molecule has 0 heterocycles. The lowest BCUT2D eigenvalue weighted by molar-refractivity contribution is -0.141. The summed E-state index contributed by atoms with van der Waals surface area (Å²) >= 11 is 2.53. The van der Waals surface area contributed by atoms with Gasteiger partial charge in [-0.1, -0.05) is 6.07 Å². The van der Waals surface area contributed by atoms with Gasteiger partial charge in [0.25, 0.3) is 0 Å². The van der Waals surface area contributed by atoms with E-state index in [0.717, 1.165) is 19.2 Å². The Morgan fingerprint density at radius 1 is 1.41 bits per heavy atom. The van der Waals surface area contributed by atoms with Crippen LogP contribution in [0.5, 0.6) is 0 Å². The van der Waals surface area contributed by atoms with Crippen molar-refractivity contribution < 1.29 is 27.1 Å². The van der Waals surface area contributed by atoms with Crippen molar-refractivity contribution in [1.29, 1.82) is 0 Å². The number of rotatable bonds is 2. The predicted octanol–water partition coefficient (Wildman–Crippen LogP) is 3.32. The number of carbonyl (C=O) groups is 1. The van der Waals surface area contributed by atoms with E-state index < -0.39 is 34.4 Å². The van der Waals surface area contributed by atoms with Crippen molar-refractivity contribution in [1.82, 2.24) is 0 Å². The van der Waals surface area contributed by atoms with Gasteiger partial charge in [0.15, 0.2) is 0 Å². The SMILES string of the molecule is COC(=O)Cc1ccc(F)c(Br)c1C(F)(F)F. The minimum atomic E-state index is -4.75. The van der Waals surface area contributed by atoms with E-state index in [0.29, 0.717) is 0 Å². The molecule has 0 unspecified atom stereocenters. The molecular weight excluding hydrogens is 308 g/mol. The van der Waals surface area contributed by atoms with Gasteiger partial charge < -0.3 is 4.74 Å². The first-order valence-electron chi connectivity index (χ1n) is 4.38. The smallest absolute Gasteiger partial charge is 0.417 e. The quantitative estimate of drug-likeness (QED) is 0.618. The molecule has 2 nitrogen and oxygen atoms in total. The number of benzene rings is 1. The van der Waals surface area contributed by atoms with Gasteiger partial charge >= 0.3 is 12.1 Å². The molecule has 0 saturated carbocycles. The lowest BCUT2D eigenvalue weighted by atomic mass is 10.0. The third kappa shape index (κ3) is 3.18. The maximum Gasteiger partial charge on any atom is 0.417 e. The number of carbonyl (C=O) groups excluding carboxylic acids is 1. The predicted molar refractivity (Wildman–Crippen MR) is 54.8 cm³/mol. The Morgan fingerprint density at radius 3 is 2.47 bits per heavy atom. The second kappa shape index (κ2) is 5.03. The molecule has 0 saturated heterocycles. The maximum atomic E-state index is 13.0. The average molecular weight is 315 g/mol. The van der Waals surface area contributed by atoms with E-state index in [1.54, 1.807) is 0 Å². The molecule has 0 radical (unpaired) electrons. The van der Waals surface area contributed by atoms with E-state index in [1.807, 2.05) is 0 Å². The van der Waals surface area contributed by atoms with Crippen molar-refractivity contribution in [3.63, 3.8) is 0 Å². The molecule has 7 heteroatoms. The number of esters is 1. The first-order chi connectivity index (χ1) is 7.77. The van der Waals surface area contributed by atoms with Crippen LogP contribution in [0.4, 0.5) is 17.6 Å². The normalized spacial score (nSPS) is 11.4. The van der Waals surface area contributed by atoms with Crippen molar-refractivity contribution in [2.45, 2.75) is 12.6 Å². The highest BCUT2D eigenvalue weighted by molar-refractivity contribution is 9.10. The number of ether oxygens (including phenoxy) is 1. The van der Waals surface area contributed by atoms with Crippen LogP contribution in [0.25, 0.3) is 0 Å². The van der Waals surface area contributed by atoms with Crippen molar-refractivity contribution in [2.24, 2.45) is 0 Å². The summed E-state index contributed by atoms with van der Waals surface area (Å²) in [6.07, 6.45) is -5.31. The Bertz CT molecular complexity index is 443. The van der Waals surface area contributed by atoms with Gasteiger partial charge in [0.05, 0.1) is 23.6 Å². The monoisotopic (exact) mass is 314 g/mol. The molecular formula is C10H7BrF4O2. The Kier molecular flexibility index (Phi) is 4.13. The summed E-state index contributed by atoms with van der Waals surface area (Å²) < 4.78 is 54.7. The molecule has 0 amide bonds. The zero-order chi connectivity index (χ0) is 13.2. The molecule has 0 atom stereocenters. The molecule has 0 aliphatic heterocycles. The molecule has 0 N–H and O–H groups in total. The summed E-state index contributed by atoms with van der Waals surface area (Å²) in [5.41, 5.74) is -1.53. The lowest BCUT2D eigenvalue weighted by Gasteiger charge is -2.14. The molecule has 17 heavy (non-hydrogen) atoms. The molecule has 1 aromatic rings. The Hall–Kier alpha value is -1.11. The van der Waals surface area contributed by atoms with E-state index >= 15 is 0 Å². The van der Waals surface area contributed by atoms with Crippen molar-refractivity contribution in [3.8, 4) is 0 Å². The molecule has 0 fully saturated rings. The lowest BCUT2D eigenvalue weighted by Crippen LogP contribution is -2.15. The fourth-order valence-electron chi connectivity index (χ4n) is 1.27. The highest BCUT2D eigenvalue weighted by atomic mass is 79.9. The third-order valence-electron chi connectivity index (χ3n) is 2.03. The first kappa shape index (κ1) is 14.0. The van der Waals surface area contributed by atoms with Crippen LogP contribution in [0, 0.1) is 5.82 Å². The zero-order valence-corrected chi connectivity index (χ0v) is 10.2. The minimum Gasteiger partial charge on any atom is -0.469 e. The van der Waals surface area contributed by atoms with E-state index in [1.165, 1.54) is 0 Å².